The van der Waals surface area contributed by atoms with E-state index in [-0.39, 0.29) is 50.4 Å². The predicted molar refractivity (Wildman–Crippen MR) is 239 cm³/mol. The van der Waals surface area contributed by atoms with Crippen LogP contribution in [0.3, 0.4) is 0 Å². The van der Waals surface area contributed by atoms with E-state index >= 15 is 0 Å². The summed E-state index contributed by atoms with van der Waals surface area (Å²) in [7, 11) is 0. The summed E-state index contributed by atoms with van der Waals surface area (Å²) in [5.41, 5.74) is 11.9. The van der Waals surface area contributed by atoms with Crippen LogP contribution in [0.25, 0.3) is 10.9 Å². The number of nitrogens with zero attached hydrogens (tertiary/aromatic N) is 1. The van der Waals surface area contributed by atoms with Gasteiger partial charge < -0.3 is 63.5 Å². The van der Waals surface area contributed by atoms with Crippen molar-refractivity contribution >= 4 is 70.0 Å². The number of primary amides is 2. The van der Waals surface area contributed by atoms with Crippen LogP contribution in [0.1, 0.15) is 98.5 Å². The molecule has 1 aromatic carbocycles. The van der Waals surface area contributed by atoms with Crippen molar-refractivity contribution in [1.82, 2.24) is 41.8 Å². The molecule has 9 atom stereocenters. The molecule has 1 fully saturated rings. The molecule has 0 spiro atoms. The van der Waals surface area contributed by atoms with Crippen LogP contribution in [0.2, 0.25) is 0 Å². The van der Waals surface area contributed by atoms with Gasteiger partial charge in [-0.05, 0) is 62.5 Å². The number of carboxylic acids is 1. The van der Waals surface area contributed by atoms with E-state index in [9.17, 15) is 58.2 Å². The first kappa shape index (κ1) is 53.8. The van der Waals surface area contributed by atoms with Crippen LogP contribution in [0, 0.1) is 11.8 Å². The third kappa shape index (κ3) is 15.8. The summed E-state index contributed by atoms with van der Waals surface area (Å²) in [4.78, 5) is 135. The van der Waals surface area contributed by atoms with E-state index in [2.05, 4.69) is 36.9 Å². The molecule has 1 aliphatic rings. The van der Waals surface area contributed by atoms with Gasteiger partial charge in [-0.1, -0.05) is 52.3 Å². The van der Waals surface area contributed by atoms with Gasteiger partial charge in [0, 0.05) is 49.8 Å². The molecule has 1 aliphatic heterocycles. The van der Waals surface area contributed by atoms with Crippen LogP contribution in [-0.2, 0) is 54.4 Å². The first-order valence-electron chi connectivity index (χ1n) is 22.2. The molecular formula is C44H66N10O12. The Morgan fingerprint density at radius 1 is 0.742 bits per heavy atom. The Bertz CT molecular complexity index is 2090. The monoisotopic (exact) mass is 926 g/mol. The van der Waals surface area contributed by atoms with E-state index < -0.39 is 108 Å². The van der Waals surface area contributed by atoms with Crippen molar-refractivity contribution in [3.8, 4) is 0 Å². The van der Waals surface area contributed by atoms with Gasteiger partial charge in [-0.25, -0.2) is 4.79 Å². The largest absolute Gasteiger partial charge is 0.480 e. The Balaban J connectivity index is 1.86. The zero-order valence-corrected chi connectivity index (χ0v) is 38.3. The van der Waals surface area contributed by atoms with Gasteiger partial charge in [0.2, 0.25) is 53.2 Å². The Kier molecular flexibility index (Phi) is 20.5. The Morgan fingerprint density at radius 2 is 1.29 bits per heavy atom. The number of H-pyrrole nitrogens is 1. The fraction of sp³-hybridized carbons (Fsp3) is 0.591. The quantitative estimate of drug-likeness (QED) is 0.0526. The highest BCUT2D eigenvalue weighted by Gasteiger charge is 2.38. The van der Waals surface area contributed by atoms with Gasteiger partial charge >= 0.3 is 5.97 Å². The standard InChI is InChI=1S/C44H66N10O12/c1-7-23(4)36(52-38(59)29(14-16-34(45)57)48-41(62)33-13-10-18-54(33)25(6)56)42(63)53-37(24(5)55)43(64)51-31(19-22(2)3)39(60)50-32(20-26-21-47-28-12-9-8-11-27(26)28)40(61)49-30(44(65)66)15-17-35(46)58/h8-9,11-12,21-24,29-33,36-37,47,55H,7,10,13-20H2,1-6H3,(H2,45,57)(H2,46,58)(H,48,62)(H,49,61)(H,50,60)(H,51,64)(H,52,59)(H,53,63)(H,65,66)/t23-,24+,29-,30-,31-,32-,33-,36-,37-/m0/s1. The Morgan fingerprint density at radius 3 is 1.86 bits per heavy atom. The maximum atomic E-state index is 14.1. The minimum atomic E-state index is -1.69. The maximum Gasteiger partial charge on any atom is 0.326 e. The molecule has 0 aliphatic carbocycles. The first-order chi connectivity index (χ1) is 31.0. The predicted octanol–water partition coefficient (Wildman–Crippen LogP) is -1.28. The van der Waals surface area contributed by atoms with Crippen molar-refractivity contribution in [3.63, 3.8) is 0 Å². The topological polar surface area (TPSA) is 354 Å². The molecule has 22 heteroatoms. The van der Waals surface area contributed by atoms with Crippen LogP contribution >= 0.6 is 0 Å². The van der Waals surface area contributed by atoms with E-state index in [0.717, 1.165) is 10.9 Å². The zero-order valence-electron chi connectivity index (χ0n) is 38.3. The molecule has 0 radical (unpaired) electrons. The van der Waals surface area contributed by atoms with Gasteiger partial charge in [-0.15, -0.1) is 0 Å². The number of hydrogen-bond acceptors (Lipinski definition) is 11. The molecule has 66 heavy (non-hydrogen) atoms. The lowest BCUT2D eigenvalue weighted by Gasteiger charge is -2.30. The molecule has 22 nitrogen and oxygen atoms in total. The number of amides is 9. The average Bonchev–Trinajstić information content (AvgIpc) is 3.91. The maximum absolute atomic E-state index is 14.1. The molecule has 13 N–H and O–H groups in total. The average molecular weight is 927 g/mol. The third-order valence-electron chi connectivity index (χ3n) is 11.5. The number of hydrogen-bond donors (Lipinski definition) is 11. The second-order valence-electron chi connectivity index (χ2n) is 17.3. The second-order valence-corrected chi connectivity index (χ2v) is 17.3. The van der Waals surface area contributed by atoms with Gasteiger partial charge in [0.05, 0.1) is 6.10 Å². The minimum Gasteiger partial charge on any atom is -0.480 e. The van der Waals surface area contributed by atoms with Crippen molar-refractivity contribution in [2.45, 2.75) is 148 Å². The van der Waals surface area contributed by atoms with Gasteiger partial charge in [0.25, 0.3) is 0 Å². The van der Waals surface area contributed by atoms with Crippen LogP contribution in [0.4, 0.5) is 0 Å². The smallest absolute Gasteiger partial charge is 0.326 e. The van der Waals surface area contributed by atoms with Crippen molar-refractivity contribution in [1.29, 1.82) is 0 Å². The summed E-state index contributed by atoms with van der Waals surface area (Å²) in [5, 5.41) is 36.6. The highest BCUT2D eigenvalue weighted by Crippen LogP contribution is 2.21. The number of aromatic amines is 1. The Hall–Kier alpha value is -6.58. The van der Waals surface area contributed by atoms with Gasteiger partial charge in [0.1, 0.15) is 42.3 Å². The summed E-state index contributed by atoms with van der Waals surface area (Å²) >= 11 is 0. The van der Waals surface area contributed by atoms with Crippen LogP contribution < -0.4 is 43.4 Å². The van der Waals surface area contributed by atoms with Crippen LogP contribution in [-0.4, -0.2) is 134 Å². The molecule has 1 aromatic heterocycles. The van der Waals surface area contributed by atoms with Crippen molar-refractivity contribution in [2.24, 2.45) is 23.3 Å². The van der Waals surface area contributed by atoms with E-state index in [0.29, 0.717) is 31.4 Å². The van der Waals surface area contributed by atoms with Gasteiger partial charge in [-0.3, -0.25) is 43.2 Å². The van der Waals surface area contributed by atoms with Gasteiger partial charge in [-0.2, -0.15) is 0 Å². The number of aliphatic hydroxyl groups excluding tert-OH is 1. The zero-order chi connectivity index (χ0) is 49.4. The number of fused-ring (bicyclic) bond motifs is 1. The number of nitrogens with two attached hydrogens (primary N) is 2. The molecule has 2 aromatic rings. The summed E-state index contributed by atoms with van der Waals surface area (Å²) < 4.78 is 0. The number of aliphatic hydroxyl groups is 1. The lowest BCUT2D eigenvalue weighted by Crippen LogP contribution is -2.62. The number of carboxylic acid groups (broad SMARTS) is 1. The highest BCUT2D eigenvalue weighted by atomic mass is 16.4. The number of aliphatic carboxylic acids is 1. The van der Waals surface area contributed by atoms with Crippen LogP contribution in [0.5, 0.6) is 0 Å². The molecule has 1 saturated heterocycles. The molecular weight excluding hydrogens is 861 g/mol. The SMILES string of the molecule is CC[C@H](C)[C@H](NC(=O)[C@H](CCC(N)=O)NC(=O)[C@@H]1CCCN1C(C)=O)C(=O)N[C@H](C(=O)N[C@@H](CC(C)C)C(=O)N[C@@H](Cc1c[nH]c2ccccc12)C(=O)N[C@@H](CCC(N)=O)C(=O)O)[C@@H](C)O. The summed E-state index contributed by atoms with van der Waals surface area (Å²) in [6.07, 6.45) is -0.00538. The molecule has 3 rings (SSSR count). The molecule has 9 amide bonds. The number of para-hydroxylation sites is 1. The first-order valence-corrected chi connectivity index (χ1v) is 22.2. The van der Waals surface area contributed by atoms with E-state index in [4.69, 9.17) is 11.5 Å². The van der Waals surface area contributed by atoms with E-state index in [1.807, 2.05) is 0 Å². The number of carbonyl (C=O) groups excluding carboxylic acids is 9. The molecule has 364 valence electrons. The summed E-state index contributed by atoms with van der Waals surface area (Å²) in [5.74, 6) is -9.26. The van der Waals surface area contributed by atoms with Gasteiger partial charge in [0.15, 0.2) is 0 Å². The van der Waals surface area contributed by atoms with Crippen molar-refractivity contribution in [3.05, 3.63) is 36.0 Å². The lowest BCUT2D eigenvalue weighted by molar-refractivity contribution is -0.142. The van der Waals surface area contributed by atoms with Crippen LogP contribution in [0.15, 0.2) is 30.5 Å². The normalized spacial score (nSPS) is 17.2. The number of likely N-dealkylation sites (tertiary alicyclic amines) is 1. The number of nitrogens with one attached hydrogen (secondary N) is 7. The third-order valence-corrected chi connectivity index (χ3v) is 11.5. The lowest BCUT2D eigenvalue weighted by atomic mass is 9.96. The second kappa shape index (κ2) is 25.2. The molecule has 0 unspecified atom stereocenters. The number of rotatable bonds is 26. The molecule has 2 heterocycles. The van der Waals surface area contributed by atoms with Crippen molar-refractivity contribution < 1.29 is 58.2 Å². The van der Waals surface area contributed by atoms with E-state index in [1.165, 1.54) is 18.7 Å². The molecule has 0 bridgehead atoms. The minimum absolute atomic E-state index is 0.00479. The number of carbonyl (C=O) groups is 10. The summed E-state index contributed by atoms with van der Waals surface area (Å²) in [6, 6.07) is -2.39. The molecule has 0 saturated carbocycles. The summed E-state index contributed by atoms with van der Waals surface area (Å²) in [6.45, 7) is 9.80. The highest BCUT2D eigenvalue weighted by molar-refractivity contribution is 5.98. The fourth-order valence-corrected chi connectivity index (χ4v) is 7.63. The number of aromatic nitrogens is 1. The number of benzene rings is 1. The van der Waals surface area contributed by atoms with Crippen molar-refractivity contribution in [2.75, 3.05) is 6.54 Å². The van der Waals surface area contributed by atoms with E-state index in [1.54, 1.807) is 58.2 Å². The Labute approximate surface area is 382 Å². The fourth-order valence-electron chi connectivity index (χ4n) is 7.63.